The third kappa shape index (κ3) is 8.95. The number of rotatable bonds is 12. The number of nitrogens with zero attached hydrogens (tertiary/aromatic N) is 1. The molecule has 9 nitrogen and oxygen atoms in total. The van der Waals surface area contributed by atoms with Crippen molar-refractivity contribution < 1.29 is 19.5 Å². The number of nitrogens with two attached hydrogens (primary N) is 1. The fourth-order valence-corrected chi connectivity index (χ4v) is 4.00. The summed E-state index contributed by atoms with van der Waals surface area (Å²) in [6, 6.07) is 11.4. The van der Waals surface area contributed by atoms with Crippen molar-refractivity contribution in [2.75, 3.05) is 13.1 Å². The summed E-state index contributed by atoms with van der Waals surface area (Å²) >= 11 is 0. The molecular weight excluding hydrogens is 470 g/mol. The molecule has 2 aromatic carbocycles. The Hall–Kier alpha value is -3.85. The Labute approximate surface area is 219 Å². The zero-order chi connectivity index (χ0) is 27.6. The molecule has 0 aliphatic rings. The molecule has 0 fully saturated rings. The fourth-order valence-electron chi connectivity index (χ4n) is 4.00. The zero-order valence-corrected chi connectivity index (χ0v) is 22.1. The van der Waals surface area contributed by atoms with Gasteiger partial charge in [-0.05, 0) is 68.5 Å². The first-order chi connectivity index (χ1) is 17.4. The molecule has 0 unspecified atom stereocenters. The average molecular weight is 510 g/mol. The minimum Gasteiger partial charge on any atom is -0.508 e. The number of carbonyl (C=O) groups excluding carboxylic acids is 3. The van der Waals surface area contributed by atoms with Crippen LogP contribution in [0, 0.1) is 13.8 Å². The molecule has 1 atom stereocenters. The summed E-state index contributed by atoms with van der Waals surface area (Å²) in [4.78, 5) is 38.2. The third-order valence-electron chi connectivity index (χ3n) is 6.20. The number of amides is 4. The lowest BCUT2D eigenvalue weighted by atomic mass is 9.97. The second-order valence-electron chi connectivity index (χ2n) is 9.74. The van der Waals surface area contributed by atoms with E-state index in [0.29, 0.717) is 12.8 Å². The van der Waals surface area contributed by atoms with E-state index in [4.69, 9.17) is 5.84 Å². The van der Waals surface area contributed by atoms with Crippen molar-refractivity contribution in [1.82, 2.24) is 21.0 Å². The lowest BCUT2D eigenvalue weighted by Gasteiger charge is -2.35. The van der Waals surface area contributed by atoms with E-state index >= 15 is 0 Å². The number of aromatic hydroxyl groups is 1. The van der Waals surface area contributed by atoms with Gasteiger partial charge in [0.1, 0.15) is 11.8 Å². The van der Waals surface area contributed by atoms with Crippen LogP contribution in [0.25, 0.3) is 0 Å². The molecule has 0 saturated carbocycles. The monoisotopic (exact) mass is 509 g/mol. The number of carbonyl (C=O) groups is 3. The topological polar surface area (TPSA) is 137 Å². The highest BCUT2D eigenvalue weighted by Gasteiger charge is 2.30. The molecule has 0 bridgehead atoms. The summed E-state index contributed by atoms with van der Waals surface area (Å²) in [6.07, 6.45) is 2.51. The van der Waals surface area contributed by atoms with E-state index in [1.165, 1.54) is 0 Å². The van der Waals surface area contributed by atoms with Crippen LogP contribution in [0.3, 0.4) is 0 Å². The van der Waals surface area contributed by atoms with Gasteiger partial charge in [0.15, 0.2) is 0 Å². The molecule has 2 aromatic rings. The minimum atomic E-state index is -0.881. The van der Waals surface area contributed by atoms with Crippen LogP contribution < -0.4 is 21.8 Å². The smallest absolute Gasteiger partial charge is 0.315 e. The second kappa shape index (κ2) is 13.5. The molecule has 0 aliphatic carbocycles. The number of phenols is 1. The summed E-state index contributed by atoms with van der Waals surface area (Å²) in [7, 11) is 0. The Morgan fingerprint density at radius 2 is 1.73 bits per heavy atom. The molecule has 0 aromatic heterocycles. The molecule has 37 heavy (non-hydrogen) atoms. The minimum absolute atomic E-state index is 0.0899. The first kappa shape index (κ1) is 29.4. The lowest BCUT2D eigenvalue weighted by Crippen LogP contribution is -2.59. The van der Waals surface area contributed by atoms with Gasteiger partial charge in [-0.3, -0.25) is 14.6 Å². The van der Waals surface area contributed by atoms with Gasteiger partial charge in [-0.25, -0.2) is 10.6 Å². The van der Waals surface area contributed by atoms with Gasteiger partial charge < -0.3 is 21.1 Å². The first-order valence-electron chi connectivity index (χ1n) is 12.3. The van der Waals surface area contributed by atoms with Crippen molar-refractivity contribution in [3.05, 3.63) is 77.4 Å². The van der Waals surface area contributed by atoms with Crippen LogP contribution in [0.2, 0.25) is 0 Å². The molecule has 4 amide bonds. The maximum Gasteiger partial charge on any atom is 0.315 e. The molecular formula is C28H39N5O4. The van der Waals surface area contributed by atoms with Gasteiger partial charge in [0, 0.05) is 25.9 Å². The Balaban J connectivity index is 2.01. The van der Waals surface area contributed by atoms with Crippen molar-refractivity contribution in [1.29, 1.82) is 0 Å². The Kier molecular flexibility index (Phi) is 10.7. The normalized spacial score (nSPS) is 11.8. The van der Waals surface area contributed by atoms with Crippen molar-refractivity contribution in [2.45, 2.75) is 58.5 Å². The highest BCUT2D eigenvalue weighted by Crippen LogP contribution is 2.22. The van der Waals surface area contributed by atoms with Crippen LogP contribution in [-0.2, 0) is 22.4 Å². The van der Waals surface area contributed by atoms with E-state index in [-0.39, 0.29) is 37.1 Å². The number of phenolic OH excluding ortho intramolecular Hbond substituents is 1. The summed E-state index contributed by atoms with van der Waals surface area (Å²) in [5.74, 6) is 5.72. The Morgan fingerprint density at radius 1 is 1.11 bits per heavy atom. The van der Waals surface area contributed by atoms with Crippen LogP contribution >= 0.6 is 0 Å². The van der Waals surface area contributed by atoms with Crippen molar-refractivity contribution in [3.8, 4) is 5.75 Å². The van der Waals surface area contributed by atoms with Crippen molar-refractivity contribution in [2.24, 2.45) is 5.84 Å². The highest BCUT2D eigenvalue weighted by molar-refractivity contribution is 5.87. The molecule has 200 valence electrons. The molecule has 0 saturated heterocycles. The van der Waals surface area contributed by atoms with Gasteiger partial charge in [0.05, 0.1) is 5.54 Å². The van der Waals surface area contributed by atoms with Crippen molar-refractivity contribution in [3.63, 3.8) is 0 Å². The largest absolute Gasteiger partial charge is 0.508 e. The number of benzene rings is 2. The third-order valence-corrected chi connectivity index (χ3v) is 6.20. The maximum atomic E-state index is 13.1. The van der Waals surface area contributed by atoms with E-state index < -0.39 is 17.6 Å². The number of hydrazine groups is 1. The van der Waals surface area contributed by atoms with Gasteiger partial charge in [0.25, 0.3) is 0 Å². The zero-order valence-electron chi connectivity index (χ0n) is 22.1. The number of nitrogens with one attached hydrogen (secondary N) is 3. The summed E-state index contributed by atoms with van der Waals surface area (Å²) in [5.41, 5.74) is 2.83. The van der Waals surface area contributed by atoms with Crippen molar-refractivity contribution >= 4 is 17.8 Å². The maximum absolute atomic E-state index is 13.1. The standard InChI is InChI=1S/C28H39N5O4/c1-6-14-30-27(37)32-24(17-21-10-8-7-9-11-21)26(36)31-18-28(4,5)33(29)25(35)13-12-23-19(2)15-22(34)16-20(23)3/h6-11,15-16,24,34H,1,12-14,17-18,29H2,2-5H3,(H,31,36)(H2,30,32,37)/t24-/m0/s1. The van der Waals surface area contributed by atoms with Gasteiger partial charge >= 0.3 is 6.03 Å². The number of urea groups is 1. The molecule has 9 heteroatoms. The predicted octanol–water partition coefficient (Wildman–Crippen LogP) is 2.64. The van der Waals surface area contributed by atoms with E-state index in [2.05, 4.69) is 22.5 Å². The molecule has 0 radical (unpaired) electrons. The summed E-state index contributed by atoms with van der Waals surface area (Å²) in [5, 5.41) is 19.0. The fraction of sp³-hybridized carbons (Fsp3) is 0.393. The molecule has 2 rings (SSSR count). The Bertz CT molecular complexity index is 1080. The number of hydrogen-bond donors (Lipinski definition) is 5. The number of hydrogen-bond acceptors (Lipinski definition) is 5. The average Bonchev–Trinajstić information content (AvgIpc) is 2.85. The quantitative estimate of drug-likeness (QED) is 0.130. The van der Waals surface area contributed by atoms with Crippen LogP contribution in [0.4, 0.5) is 4.79 Å². The van der Waals surface area contributed by atoms with Crippen LogP contribution in [0.5, 0.6) is 5.75 Å². The van der Waals surface area contributed by atoms with E-state index in [1.807, 2.05) is 44.2 Å². The molecule has 0 aliphatic heterocycles. The molecule has 0 heterocycles. The molecule has 0 spiro atoms. The molecule has 6 N–H and O–H groups in total. The van der Waals surface area contributed by atoms with Crippen LogP contribution in [0.15, 0.2) is 55.1 Å². The van der Waals surface area contributed by atoms with Gasteiger partial charge in [-0.2, -0.15) is 0 Å². The summed E-state index contributed by atoms with van der Waals surface area (Å²) in [6.45, 7) is 11.2. The SMILES string of the molecule is C=CCNC(=O)N[C@@H](Cc1ccccc1)C(=O)NCC(C)(C)N(N)C(=O)CCc1c(C)cc(O)cc1C. The van der Waals surface area contributed by atoms with Crippen LogP contribution in [0.1, 0.15) is 42.5 Å². The van der Waals surface area contributed by atoms with Gasteiger partial charge in [0.2, 0.25) is 11.8 Å². The first-order valence-corrected chi connectivity index (χ1v) is 12.3. The van der Waals surface area contributed by atoms with Gasteiger partial charge in [-0.15, -0.1) is 6.58 Å². The van der Waals surface area contributed by atoms with E-state index in [9.17, 15) is 19.5 Å². The summed E-state index contributed by atoms with van der Waals surface area (Å²) < 4.78 is 0. The highest BCUT2D eigenvalue weighted by atomic mass is 16.3. The number of aryl methyl sites for hydroxylation is 2. The Morgan fingerprint density at radius 3 is 2.32 bits per heavy atom. The van der Waals surface area contributed by atoms with Crippen LogP contribution in [-0.4, -0.2) is 52.6 Å². The predicted molar refractivity (Wildman–Crippen MR) is 145 cm³/mol. The van der Waals surface area contributed by atoms with Gasteiger partial charge in [-0.1, -0.05) is 36.4 Å². The second-order valence-corrected chi connectivity index (χ2v) is 9.74. The lowest BCUT2D eigenvalue weighted by molar-refractivity contribution is -0.137. The van der Waals surface area contributed by atoms with E-state index in [0.717, 1.165) is 27.3 Å². The van der Waals surface area contributed by atoms with E-state index in [1.54, 1.807) is 32.1 Å².